The first kappa shape index (κ1) is 16.7. The summed E-state index contributed by atoms with van der Waals surface area (Å²) in [5.41, 5.74) is 0.679. The van der Waals surface area contributed by atoms with E-state index in [0.29, 0.717) is 22.0 Å². The van der Waals surface area contributed by atoms with Gasteiger partial charge in [-0.1, -0.05) is 23.7 Å². The summed E-state index contributed by atoms with van der Waals surface area (Å²) in [6, 6.07) is 4.43. The second-order valence-electron chi connectivity index (χ2n) is 5.10. The van der Waals surface area contributed by atoms with Gasteiger partial charge in [-0.15, -0.1) is 6.42 Å². The van der Waals surface area contributed by atoms with E-state index in [9.17, 15) is 14.0 Å². The molecule has 2 aromatic rings. The number of fused-ring (bicyclic) bond motifs is 1. The smallest absolute Gasteiger partial charge is 0.257 e. The van der Waals surface area contributed by atoms with Gasteiger partial charge in [0, 0.05) is 12.3 Å². The number of aromatic nitrogens is 2. The molecule has 5 nitrogen and oxygen atoms in total. The number of hydrogen-bond acceptors (Lipinski definition) is 4. The molecule has 1 aromatic heterocycles. The van der Waals surface area contributed by atoms with E-state index in [0.717, 1.165) is 0 Å². The van der Waals surface area contributed by atoms with Gasteiger partial charge in [0.2, 0.25) is 5.91 Å². The van der Waals surface area contributed by atoms with E-state index >= 15 is 0 Å². The molecule has 0 fully saturated rings. The number of rotatable bonds is 3. The summed E-state index contributed by atoms with van der Waals surface area (Å²) in [5, 5.41) is 2.97. The number of aromatic amines is 1. The zero-order valence-electron chi connectivity index (χ0n) is 12.2. The molecule has 0 spiro atoms. The van der Waals surface area contributed by atoms with Gasteiger partial charge in [0.15, 0.2) is 5.16 Å². The van der Waals surface area contributed by atoms with Crippen molar-refractivity contribution < 1.29 is 9.18 Å². The number of H-pyrrole nitrogens is 1. The summed E-state index contributed by atoms with van der Waals surface area (Å²) in [6.45, 7) is 0. The maximum Gasteiger partial charge on any atom is 0.257 e. The first-order valence-corrected chi connectivity index (χ1v) is 8.72. The number of nitrogens with zero attached hydrogens (tertiary/aromatic N) is 1. The molecule has 8 heteroatoms. The minimum atomic E-state index is -0.492. The van der Waals surface area contributed by atoms with Crippen LogP contribution in [0.2, 0.25) is 0 Å². The van der Waals surface area contributed by atoms with Gasteiger partial charge in [-0.2, -0.15) is 0 Å². The second kappa shape index (κ2) is 6.79. The van der Waals surface area contributed by atoms with Gasteiger partial charge in [-0.05, 0) is 33.6 Å². The Morgan fingerprint density at radius 3 is 2.96 bits per heavy atom. The molecule has 1 aliphatic rings. The summed E-state index contributed by atoms with van der Waals surface area (Å²) >= 11 is 4.33. The Bertz CT molecular complexity index is 923. The Morgan fingerprint density at radius 2 is 2.25 bits per heavy atom. The van der Waals surface area contributed by atoms with E-state index < -0.39 is 11.7 Å². The lowest BCUT2D eigenvalue weighted by atomic mass is 9.87. The predicted molar refractivity (Wildman–Crippen MR) is 93.6 cm³/mol. The van der Waals surface area contributed by atoms with Crippen LogP contribution in [0.4, 0.5) is 10.2 Å². The minimum Gasteiger partial charge on any atom is -0.310 e. The van der Waals surface area contributed by atoms with Crippen LogP contribution in [0.1, 0.15) is 23.5 Å². The van der Waals surface area contributed by atoms with Crippen molar-refractivity contribution in [2.45, 2.75) is 17.5 Å². The fraction of sp³-hybridized carbons (Fsp3) is 0.188. The number of thioether (sulfide) groups is 1. The largest absolute Gasteiger partial charge is 0.310 e. The van der Waals surface area contributed by atoms with Gasteiger partial charge in [-0.3, -0.25) is 9.59 Å². The van der Waals surface area contributed by atoms with Crippen LogP contribution < -0.4 is 10.9 Å². The van der Waals surface area contributed by atoms with Crippen LogP contribution in [0.15, 0.2) is 32.6 Å². The third kappa shape index (κ3) is 3.23. The van der Waals surface area contributed by atoms with E-state index in [2.05, 4.69) is 37.1 Å². The highest BCUT2D eigenvalue weighted by atomic mass is 79.9. The van der Waals surface area contributed by atoms with Gasteiger partial charge in [0.05, 0.1) is 15.8 Å². The zero-order valence-corrected chi connectivity index (χ0v) is 14.6. The third-order valence-electron chi connectivity index (χ3n) is 3.57. The van der Waals surface area contributed by atoms with Crippen LogP contribution in [0.25, 0.3) is 0 Å². The van der Waals surface area contributed by atoms with Crippen molar-refractivity contribution in [1.82, 2.24) is 9.97 Å². The van der Waals surface area contributed by atoms with E-state index in [1.165, 1.54) is 17.8 Å². The van der Waals surface area contributed by atoms with Crippen LogP contribution in [0.3, 0.4) is 0 Å². The standard InChI is InChI=1S/C16H11BrFN3O2S/c1-2-5-24-16-20-14-13(15(23)21-16)9(7-12(22)19-14)8-3-4-11(18)10(17)6-8/h1,3-4,6,9H,5,7H2,(H2,19,20,21,22,23)/t9-/m0/s1. The summed E-state index contributed by atoms with van der Waals surface area (Å²) in [6.07, 6.45) is 5.29. The first-order valence-electron chi connectivity index (χ1n) is 6.95. The molecule has 1 aromatic carbocycles. The molecule has 1 atom stereocenters. The number of hydrogen-bond donors (Lipinski definition) is 2. The molecule has 0 bridgehead atoms. The maximum absolute atomic E-state index is 13.5. The molecule has 2 heterocycles. The Morgan fingerprint density at radius 1 is 1.46 bits per heavy atom. The molecule has 0 saturated heterocycles. The normalized spacial score (nSPS) is 16.2. The van der Waals surface area contributed by atoms with Gasteiger partial charge in [-0.25, -0.2) is 9.37 Å². The monoisotopic (exact) mass is 407 g/mol. The fourth-order valence-corrected chi connectivity index (χ4v) is 3.48. The van der Waals surface area contributed by atoms with Crippen molar-refractivity contribution in [2.24, 2.45) is 0 Å². The van der Waals surface area contributed by atoms with Crippen molar-refractivity contribution in [3.8, 4) is 12.3 Å². The van der Waals surface area contributed by atoms with E-state index in [4.69, 9.17) is 6.42 Å². The molecule has 1 amide bonds. The zero-order chi connectivity index (χ0) is 17.3. The lowest BCUT2D eigenvalue weighted by molar-refractivity contribution is -0.116. The minimum absolute atomic E-state index is 0.0900. The molecule has 0 unspecified atom stereocenters. The number of carbonyl (C=O) groups is 1. The summed E-state index contributed by atoms with van der Waals surface area (Å²) in [5.74, 6) is 1.86. The van der Waals surface area contributed by atoms with Crippen molar-refractivity contribution in [2.75, 3.05) is 11.1 Å². The number of carbonyl (C=O) groups excluding carboxylic acids is 1. The van der Waals surface area contributed by atoms with Crippen molar-refractivity contribution >= 4 is 39.4 Å². The van der Waals surface area contributed by atoms with Crippen molar-refractivity contribution in [3.05, 3.63) is 50.0 Å². The number of terminal acetylenes is 1. The number of anilines is 1. The number of amides is 1. The molecule has 2 N–H and O–H groups in total. The van der Waals surface area contributed by atoms with Crippen LogP contribution in [0, 0.1) is 18.2 Å². The topological polar surface area (TPSA) is 74.8 Å². The molecule has 0 radical (unpaired) electrons. The second-order valence-corrected chi connectivity index (χ2v) is 6.92. The maximum atomic E-state index is 13.5. The molecular formula is C16H11BrFN3O2S. The van der Waals surface area contributed by atoms with Crippen LogP contribution in [0.5, 0.6) is 0 Å². The number of halogens is 2. The van der Waals surface area contributed by atoms with Gasteiger partial charge >= 0.3 is 0 Å². The number of benzene rings is 1. The molecular weight excluding hydrogens is 397 g/mol. The quantitative estimate of drug-likeness (QED) is 0.466. The van der Waals surface area contributed by atoms with Gasteiger partial charge in [0.1, 0.15) is 11.6 Å². The molecule has 122 valence electrons. The van der Waals surface area contributed by atoms with E-state index in [1.807, 2.05) is 0 Å². The molecule has 0 aliphatic carbocycles. The third-order valence-corrected chi connectivity index (χ3v) is 4.95. The SMILES string of the molecule is C#CCSc1nc2c(c(=O)[nH]1)[C@H](c1ccc(F)c(Br)c1)CC(=O)N2. The summed E-state index contributed by atoms with van der Waals surface area (Å²) in [7, 11) is 0. The lowest BCUT2D eigenvalue weighted by Crippen LogP contribution is -2.31. The van der Waals surface area contributed by atoms with Gasteiger partial charge < -0.3 is 10.3 Å². The first-order chi connectivity index (χ1) is 11.5. The molecule has 24 heavy (non-hydrogen) atoms. The van der Waals surface area contributed by atoms with Gasteiger partial charge in [0.25, 0.3) is 5.56 Å². The fourth-order valence-electron chi connectivity index (χ4n) is 2.54. The number of nitrogens with one attached hydrogen (secondary N) is 2. The average molecular weight is 408 g/mol. The Hall–Kier alpha value is -2.11. The highest BCUT2D eigenvalue weighted by Crippen LogP contribution is 2.35. The van der Waals surface area contributed by atoms with Crippen LogP contribution >= 0.6 is 27.7 Å². The van der Waals surface area contributed by atoms with Crippen molar-refractivity contribution in [1.29, 1.82) is 0 Å². The molecule has 3 rings (SSSR count). The average Bonchev–Trinajstić information content (AvgIpc) is 2.54. The summed E-state index contributed by atoms with van der Waals surface area (Å²) in [4.78, 5) is 31.4. The van der Waals surface area contributed by atoms with Crippen LogP contribution in [-0.4, -0.2) is 21.6 Å². The highest BCUT2D eigenvalue weighted by molar-refractivity contribution is 9.10. The van der Waals surface area contributed by atoms with E-state index in [1.54, 1.807) is 12.1 Å². The van der Waals surface area contributed by atoms with Crippen LogP contribution in [-0.2, 0) is 4.79 Å². The highest BCUT2D eigenvalue weighted by Gasteiger charge is 2.31. The Kier molecular flexibility index (Phi) is 4.73. The molecule has 0 saturated carbocycles. The van der Waals surface area contributed by atoms with Crippen molar-refractivity contribution in [3.63, 3.8) is 0 Å². The predicted octanol–water partition coefficient (Wildman–Crippen LogP) is 2.87. The Balaban J connectivity index is 2.09. The lowest BCUT2D eigenvalue weighted by Gasteiger charge is -2.24. The van der Waals surface area contributed by atoms with E-state index in [-0.39, 0.29) is 28.2 Å². The Labute approximate surface area is 149 Å². The summed E-state index contributed by atoms with van der Waals surface area (Å²) < 4.78 is 13.7. The molecule has 1 aliphatic heterocycles.